The van der Waals surface area contributed by atoms with Gasteiger partial charge in [0.2, 0.25) is 11.8 Å². The van der Waals surface area contributed by atoms with E-state index in [0.717, 1.165) is 9.87 Å². The third kappa shape index (κ3) is 8.80. The van der Waals surface area contributed by atoms with Crippen LogP contribution >= 0.6 is 23.2 Å². The van der Waals surface area contributed by atoms with Crippen molar-refractivity contribution in [3.05, 3.63) is 118 Å². The van der Waals surface area contributed by atoms with E-state index in [1.54, 1.807) is 42.5 Å². The Kier molecular flexibility index (Phi) is 12.7. The molecule has 0 heterocycles. The molecule has 2 atom stereocenters. The normalized spacial score (nSPS) is 12.5. The van der Waals surface area contributed by atoms with Gasteiger partial charge in [0.1, 0.15) is 24.1 Å². The molecule has 254 valence electrons. The fourth-order valence-corrected chi connectivity index (χ4v) is 7.01. The summed E-state index contributed by atoms with van der Waals surface area (Å²) < 4.78 is 40.4. The van der Waals surface area contributed by atoms with Crippen molar-refractivity contribution in [3.63, 3.8) is 0 Å². The molecule has 9 nitrogen and oxygen atoms in total. The number of nitrogens with one attached hydrogen (secondary N) is 1. The summed E-state index contributed by atoms with van der Waals surface area (Å²) in [6.45, 7) is 2.99. The lowest BCUT2D eigenvalue weighted by atomic mass is 10.0. The molecule has 2 amide bonds. The van der Waals surface area contributed by atoms with Crippen LogP contribution in [0.15, 0.2) is 102 Å². The average molecular weight is 713 g/mol. The number of carbonyl (C=O) groups is 2. The van der Waals surface area contributed by atoms with Crippen molar-refractivity contribution in [1.82, 2.24) is 10.2 Å². The molecule has 0 spiro atoms. The standard InChI is InChI=1S/C36H39Cl2N3O6S/c1-5-25(2)39-36(43)33(22-26-12-7-6-8-13-26)40(23-29-30(37)14-11-15-31(29)38)35(42)24-41(32-16-9-10-17-34(32)47-4)48(44,45)28-20-18-27(46-3)19-21-28/h6-21,25,33H,5,22-24H2,1-4H3,(H,39,43)/t25-,33+/m1/s1. The van der Waals surface area contributed by atoms with Gasteiger partial charge < -0.3 is 19.7 Å². The summed E-state index contributed by atoms with van der Waals surface area (Å²) in [6.07, 6.45) is 0.812. The van der Waals surface area contributed by atoms with E-state index in [-0.39, 0.29) is 35.3 Å². The molecule has 4 aromatic rings. The zero-order chi connectivity index (χ0) is 34.8. The highest BCUT2D eigenvalue weighted by atomic mass is 35.5. The predicted octanol–water partition coefficient (Wildman–Crippen LogP) is 6.76. The van der Waals surface area contributed by atoms with Crippen LogP contribution in [-0.4, -0.2) is 58.0 Å². The molecule has 0 unspecified atom stereocenters. The van der Waals surface area contributed by atoms with Gasteiger partial charge >= 0.3 is 0 Å². The third-order valence-electron chi connectivity index (χ3n) is 7.94. The summed E-state index contributed by atoms with van der Waals surface area (Å²) in [6, 6.07) is 25.4. The van der Waals surface area contributed by atoms with Crippen LogP contribution in [0.1, 0.15) is 31.4 Å². The monoisotopic (exact) mass is 711 g/mol. The number of benzene rings is 4. The minimum atomic E-state index is -4.36. The van der Waals surface area contributed by atoms with E-state index >= 15 is 0 Å². The van der Waals surface area contributed by atoms with E-state index in [1.807, 2.05) is 44.2 Å². The molecule has 12 heteroatoms. The van der Waals surface area contributed by atoms with Gasteiger partial charge in [-0.3, -0.25) is 13.9 Å². The number of methoxy groups -OCH3 is 2. The first-order valence-electron chi connectivity index (χ1n) is 15.4. The van der Waals surface area contributed by atoms with Crippen LogP contribution in [0.25, 0.3) is 0 Å². The SMILES string of the molecule is CC[C@@H](C)NC(=O)[C@H](Cc1ccccc1)N(Cc1c(Cl)cccc1Cl)C(=O)CN(c1ccccc1OC)S(=O)(=O)c1ccc(OC)cc1. The Morgan fingerprint density at radius 3 is 2.06 bits per heavy atom. The van der Waals surface area contributed by atoms with Gasteiger partial charge in [-0.2, -0.15) is 0 Å². The number of halogens is 2. The van der Waals surface area contributed by atoms with Gasteiger partial charge in [0, 0.05) is 34.6 Å². The fraction of sp³-hybridized carbons (Fsp3) is 0.278. The average Bonchev–Trinajstić information content (AvgIpc) is 3.09. The Morgan fingerprint density at radius 2 is 1.46 bits per heavy atom. The second-order valence-electron chi connectivity index (χ2n) is 11.1. The number of carbonyl (C=O) groups excluding carboxylic acids is 2. The summed E-state index contributed by atoms with van der Waals surface area (Å²) in [5.74, 6) is -0.355. The summed E-state index contributed by atoms with van der Waals surface area (Å²) in [4.78, 5) is 30.0. The van der Waals surface area contributed by atoms with E-state index in [1.165, 1.54) is 43.4 Å². The van der Waals surface area contributed by atoms with Gasteiger partial charge in [-0.05, 0) is 67.4 Å². The highest BCUT2D eigenvalue weighted by Gasteiger charge is 2.36. The highest BCUT2D eigenvalue weighted by molar-refractivity contribution is 7.92. The molecule has 0 saturated carbocycles. The van der Waals surface area contributed by atoms with Gasteiger partial charge in [-0.25, -0.2) is 8.42 Å². The van der Waals surface area contributed by atoms with Crippen molar-refractivity contribution in [3.8, 4) is 11.5 Å². The third-order valence-corrected chi connectivity index (χ3v) is 10.4. The molecule has 1 N–H and O–H groups in total. The zero-order valence-corrected chi connectivity index (χ0v) is 29.6. The summed E-state index contributed by atoms with van der Waals surface area (Å²) in [7, 11) is -1.46. The van der Waals surface area contributed by atoms with E-state index in [4.69, 9.17) is 32.7 Å². The van der Waals surface area contributed by atoms with Crippen molar-refractivity contribution < 1.29 is 27.5 Å². The van der Waals surface area contributed by atoms with Crippen molar-refractivity contribution in [2.24, 2.45) is 0 Å². The van der Waals surface area contributed by atoms with Crippen LogP contribution in [0.2, 0.25) is 10.0 Å². The van der Waals surface area contributed by atoms with Crippen LogP contribution in [-0.2, 0) is 32.6 Å². The van der Waals surface area contributed by atoms with Gasteiger partial charge in [0.15, 0.2) is 0 Å². The highest BCUT2D eigenvalue weighted by Crippen LogP contribution is 2.34. The van der Waals surface area contributed by atoms with Crippen LogP contribution in [0.4, 0.5) is 5.69 Å². The van der Waals surface area contributed by atoms with Crippen molar-refractivity contribution in [2.45, 2.75) is 50.2 Å². The smallest absolute Gasteiger partial charge is 0.264 e. The minimum Gasteiger partial charge on any atom is -0.497 e. The molecular weight excluding hydrogens is 673 g/mol. The molecule has 0 saturated heterocycles. The van der Waals surface area contributed by atoms with Crippen LogP contribution < -0.4 is 19.1 Å². The van der Waals surface area contributed by atoms with Crippen LogP contribution in [0.5, 0.6) is 11.5 Å². The first-order chi connectivity index (χ1) is 23.0. The maximum absolute atomic E-state index is 14.7. The molecule has 0 bridgehead atoms. The number of anilines is 1. The van der Waals surface area contributed by atoms with Gasteiger partial charge in [0.05, 0.1) is 24.8 Å². The Bertz CT molecular complexity index is 1790. The molecule has 0 aliphatic rings. The lowest BCUT2D eigenvalue weighted by molar-refractivity contribution is -0.140. The fourth-order valence-electron chi connectivity index (χ4n) is 5.07. The Balaban J connectivity index is 1.87. The Morgan fingerprint density at radius 1 is 0.833 bits per heavy atom. The summed E-state index contributed by atoms with van der Waals surface area (Å²) in [5.41, 5.74) is 1.37. The second kappa shape index (κ2) is 16.7. The molecular formula is C36H39Cl2N3O6S. The molecule has 0 radical (unpaired) electrons. The number of hydrogen-bond donors (Lipinski definition) is 1. The first-order valence-corrected chi connectivity index (χ1v) is 17.6. The van der Waals surface area contributed by atoms with E-state index in [9.17, 15) is 18.0 Å². The predicted molar refractivity (Wildman–Crippen MR) is 189 cm³/mol. The van der Waals surface area contributed by atoms with Crippen LogP contribution in [0, 0.1) is 0 Å². The number of amides is 2. The zero-order valence-electron chi connectivity index (χ0n) is 27.2. The lowest BCUT2D eigenvalue weighted by Crippen LogP contribution is -2.54. The number of hydrogen-bond acceptors (Lipinski definition) is 6. The van der Waals surface area contributed by atoms with E-state index in [0.29, 0.717) is 27.8 Å². The molecule has 0 aliphatic heterocycles. The summed E-state index contributed by atoms with van der Waals surface area (Å²) in [5, 5.41) is 3.61. The molecule has 4 rings (SSSR count). The van der Waals surface area contributed by atoms with Crippen molar-refractivity contribution in [1.29, 1.82) is 0 Å². The van der Waals surface area contributed by atoms with Gasteiger partial charge in [-0.1, -0.05) is 78.7 Å². The molecule has 0 aliphatic carbocycles. The number of nitrogens with zero attached hydrogens (tertiary/aromatic N) is 2. The maximum atomic E-state index is 14.7. The first kappa shape index (κ1) is 36.6. The van der Waals surface area contributed by atoms with Gasteiger partial charge in [-0.15, -0.1) is 0 Å². The van der Waals surface area contributed by atoms with Crippen LogP contribution in [0.3, 0.4) is 0 Å². The minimum absolute atomic E-state index is 0.0712. The number of sulfonamides is 1. The topological polar surface area (TPSA) is 105 Å². The summed E-state index contributed by atoms with van der Waals surface area (Å²) >= 11 is 13.2. The van der Waals surface area contributed by atoms with Gasteiger partial charge in [0.25, 0.3) is 10.0 Å². The quantitative estimate of drug-likeness (QED) is 0.146. The molecule has 4 aromatic carbocycles. The Labute approximate surface area is 292 Å². The number of ether oxygens (including phenoxy) is 2. The number of para-hydroxylation sites is 2. The molecule has 0 aromatic heterocycles. The lowest BCUT2D eigenvalue weighted by Gasteiger charge is -2.35. The van der Waals surface area contributed by atoms with E-state index in [2.05, 4.69) is 5.32 Å². The Hall–Kier alpha value is -4.25. The molecule has 48 heavy (non-hydrogen) atoms. The van der Waals surface area contributed by atoms with Crippen molar-refractivity contribution in [2.75, 3.05) is 25.1 Å². The number of rotatable bonds is 15. The maximum Gasteiger partial charge on any atom is 0.264 e. The van der Waals surface area contributed by atoms with Crippen molar-refractivity contribution >= 4 is 50.7 Å². The second-order valence-corrected chi connectivity index (χ2v) is 13.8. The van der Waals surface area contributed by atoms with E-state index < -0.39 is 34.4 Å². The molecule has 0 fully saturated rings. The largest absolute Gasteiger partial charge is 0.497 e.